The third-order valence-electron chi connectivity index (χ3n) is 1.80. The lowest BCUT2D eigenvalue weighted by Crippen LogP contribution is -2.02. The van der Waals surface area contributed by atoms with Crippen LogP contribution in [0, 0.1) is 12.7 Å². The summed E-state index contributed by atoms with van der Waals surface area (Å²) in [5.74, 6) is -0.0575. The van der Waals surface area contributed by atoms with Crippen LogP contribution >= 0.6 is 0 Å². The van der Waals surface area contributed by atoms with Gasteiger partial charge in [-0.05, 0) is 12.5 Å². The molecule has 0 heterocycles. The third-order valence-corrected chi connectivity index (χ3v) is 1.80. The molecule has 0 bridgehead atoms. The molecule has 1 aromatic carbocycles. The Morgan fingerprint density at radius 1 is 1.50 bits per heavy atom. The van der Waals surface area contributed by atoms with Gasteiger partial charge in [0.2, 0.25) is 0 Å². The average molecular weight is 169 g/mol. The van der Waals surface area contributed by atoms with Crippen LogP contribution in [0.15, 0.2) is 12.1 Å². The first-order valence-corrected chi connectivity index (χ1v) is 3.72. The van der Waals surface area contributed by atoms with Gasteiger partial charge in [0.05, 0.1) is 7.11 Å². The van der Waals surface area contributed by atoms with Crippen LogP contribution in [0.2, 0.25) is 0 Å². The Hall–Kier alpha value is -1.09. The molecule has 1 aromatic rings. The van der Waals surface area contributed by atoms with Gasteiger partial charge < -0.3 is 10.5 Å². The van der Waals surface area contributed by atoms with Gasteiger partial charge in [0.15, 0.2) is 11.6 Å². The summed E-state index contributed by atoms with van der Waals surface area (Å²) in [6, 6.07) is 3.47. The highest BCUT2D eigenvalue weighted by Crippen LogP contribution is 2.24. The molecule has 0 amide bonds. The quantitative estimate of drug-likeness (QED) is 0.729. The molecule has 0 aliphatic carbocycles. The van der Waals surface area contributed by atoms with E-state index >= 15 is 0 Å². The van der Waals surface area contributed by atoms with E-state index in [9.17, 15) is 4.39 Å². The fraction of sp³-hybridized carbons (Fsp3) is 0.333. The molecule has 0 aliphatic rings. The van der Waals surface area contributed by atoms with Crippen LogP contribution in [0.3, 0.4) is 0 Å². The van der Waals surface area contributed by atoms with Crippen molar-refractivity contribution in [1.29, 1.82) is 0 Å². The van der Waals surface area contributed by atoms with Crippen molar-refractivity contribution in [3.63, 3.8) is 0 Å². The smallest absolute Gasteiger partial charge is 0.168 e. The zero-order valence-corrected chi connectivity index (χ0v) is 7.23. The maximum absolute atomic E-state index is 13.3. The lowest BCUT2D eigenvalue weighted by atomic mass is 10.1. The Morgan fingerprint density at radius 3 is 2.67 bits per heavy atom. The van der Waals surface area contributed by atoms with E-state index in [4.69, 9.17) is 10.5 Å². The van der Waals surface area contributed by atoms with Crippen LogP contribution in [0.25, 0.3) is 0 Å². The van der Waals surface area contributed by atoms with Crippen molar-refractivity contribution in [3.8, 4) is 5.75 Å². The van der Waals surface area contributed by atoms with E-state index in [2.05, 4.69) is 0 Å². The van der Waals surface area contributed by atoms with Crippen molar-refractivity contribution < 1.29 is 9.13 Å². The second kappa shape index (κ2) is 3.54. The van der Waals surface area contributed by atoms with Crippen LogP contribution in [0.5, 0.6) is 5.75 Å². The van der Waals surface area contributed by atoms with E-state index in [0.29, 0.717) is 17.7 Å². The molecule has 2 nitrogen and oxygen atoms in total. The maximum Gasteiger partial charge on any atom is 0.168 e. The van der Waals surface area contributed by atoms with Crippen LogP contribution in [-0.2, 0) is 6.54 Å². The van der Waals surface area contributed by atoms with Crippen molar-refractivity contribution >= 4 is 0 Å². The van der Waals surface area contributed by atoms with E-state index in [-0.39, 0.29) is 11.6 Å². The summed E-state index contributed by atoms with van der Waals surface area (Å²) in [6.45, 7) is 1.98. The molecular weight excluding hydrogens is 157 g/mol. The minimum absolute atomic E-state index is 0.262. The van der Waals surface area contributed by atoms with Crippen LogP contribution in [-0.4, -0.2) is 7.11 Å². The molecule has 0 atom stereocenters. The van der Waals surface area contributed by atoms with Gasteiger partial charge in [-0.3, -0.25) is 0 Å². The topological polar surface area (TPSA) is 35.2 Å². The molecule has 66 valence electrons. The number of rotatable bonds is 2. The highest BCUT2D eigenvalue weighted by Gasteiger charge is 2.09. The normalized spacial score (nSPS) is 10.0. The molecule has 12 heavy (non-hydrogen) atoms. The Labute approximate surface area is 71.1 Å². The summed E-state index contributed by atoms with van der Waals surface area (Å²) in [5, 5.41) is 0. The molecule has 0 radical (unpaired) electrons. The summed E-state index contributed by atoms with van der Waals surface area (Å²) in [4.78, 5) is 0. The first-order chi connectivity index (χ1) is 5.70. The lowest BCUT2D eigenvalue weighted by Gasteiger charge is -2.08. The minimum atomic E-state index is -0.319. The molecular formula is C9H12FNO. The number of halogens is 1. The number of methoxy groups -OCH3 is 1. The molecule has 0 spiro atoms. The van der Waals surface area contributed by atoms with Crippen molar-refractivity contribution in [2.24, 2.45) is 5.73 Å². The molecule has 0 saturated heterocycles. The average Bonchev–Trinajstić information content (AvgIpc) is 2.09. The van der Waals surface area contributed by atoms with Crippen LogP contribution in [0.1, 0.15) is 11.1 Å². The number of hydrogen-bond acceptors (Lipinski definition) is 2. The van der Waals surface area contributed by atoms with Crippen molar-refractivity contribution in [2.45, 2.75) is 13.5 Å². The van der Waals surface area contributed by atoms with Crippen LogP contribution in [0.4, 0.5) is 4.39 Å². The summed E-state index contributed by atoms with van der Waals surface area (Å²) < 4.78 is 18.2. The van der Waals surface area contributed by atoms with Crippen molar-refractivity contribution in [3.05, 3.63) is 29.1 Å². The Bertz CT molecular complexity index is 286. The van der Waals surface area contributed by atoms with E-state index in [1.807, 2.05) is 0 Å². The van der Waals surface area contributed by atoms with Crippen molar-refractivity contribution in [2.75, 3.05) is 7.11 Å². The fourth-order valence-corrected chi connectivity index (χ4v) is 1.08. The first kappa shape index (κ1) is 9.00. The molecule has 2 N–H and O–H groups in total. The standard InChI is InChI=1S/C9H12FNO/c1-6-3-4-7(5-11)9(12-2)8(6)10/h3-4H,5,11H2,1-2H3. The van der Waals surface area contributed by atoms with Gasteiger partial charge in [-0.15, -0.1) is 0 Å². The first-order valence-electron chi connectivity index (χ1n) is 3.72. The van der Waals surface area contributed by atoms with Gasteiger partial charge in [-0.25, -0.2) is 4.39 Å². The Kier molecular flexibility index (Phi) is 2.65. The second-order valence-electron chi connectivity index (χ2n) is 2.59. The summed E-state index contributed by atoms with van der Waals surface area (Å²) in [7, 11) is 1.44. The largest absolute Gasteiger partial charge is 0.493 e. The molecule has 3 heteroatoms. The number of benzene rings is 1. The summed E-state index contributed by atoms with van der Waals surface area (Å²) in [6.07, 6.45) is 0. The van der Waals surface area contributed by atoms with E-state index < -0.39 is 0 Å². The fourth-order valence-electron chi connectivity index (χ4n) is 1.08. The SMILES string of the molecule is COc1c(CN)ccc(C)c1F. The molecule has 0 unspecified atom stereocenters. The number of ether oxygens (including phenoxy) is 1. The number of nitrogens with two attached hydrogens (primary N) is 1. The highest BCUT2D eigenvalue weighted by atomic mass is 19.1. The van der Waals surface area contributed by atoms with E-state index in [1.165, 1.54) is 7.11 Å². The van der Waals surface area contributed by atoms with Gasteiger partial charge >= 0.3 is 0 Å². The predicted molar refractivity (Wildman–Crippen MR) is 45.6 cm³/mol. The minimum Gasteiger partial charge on any atom is -0.493 e. The summed E-state index contributed by atoms with van der Waals surface area (Å²) >= 11 is 0. The number of hydrogen-bond donors (Lipinski definition) is 1. The molecule has 0 saturated carbocycles. The Morgan fingerprint density at radius 2 is 2.17 bits per heavy atom. The molecule has 0 fully saturated rings. The monoisotopic (exact) mass is 169 g/mol. The third kappa shape index (κ3) is 1.41. The number of aryl methyl sites for hydroxylation is 1. The second-order valence-corrected chi connectivity index (χ2v) is 2.59. The molecule has 1 rings (SSSR count). The van der Waals surface area contributed by atoms with Crippen molar-refractivity contribution in [1.82, 2.24) is 0 Å². The highest BCUT2D eigenvalue weighted by molar-refractivity contribution is 5.38. The van der Waals surface area contributed by atoms with Crippen LogP contribution < -0.4 is 10.5 Å². The van der Waals surface area contributed by atoms with Gasteiger partial charge in [0.1, 0.15) is 0 Å². The zero-order chi connectivity index (χ0) is 9.14. The zero-order valence-electron chi connectivity index (χ0n) is 7.23. The predicted octanol–water partition coefficient (Wildman–Crippen LogP) is 1.60. The summed E-state index contributed by atoms with van der Waals surface area (Å²) in [5.41, 5.74) is 6.67. The van der Waals surface area contributed by atoms with E-state index in [1.54, 1.807) is 19.1 Å². The van der Waals surface area contributed by atoms with Gasteiger partial charge in [0, 0.05) is 12.1 Å². The van der Waals surface area contributed by atoms with Gasteiger partial charge in [-0.1, -0.05) is 12.1 Å². The molecule has 0 aromatic heterocycles. The van der Waals surface area contributed by atoms with E-state index in [0.717, 1.165) is 0 Å². The molecule has 0 aliphatic heterocycles. The Balaban J connectivity index is 3.25. The van der Waals surface area contributed by atoms with Gasteiger partial charge in [0.25, 0.3) is 0 Å². The lowest BCUT2D eigenvalue weighted by molar-refractivity contribution is 0.380. The maximum atomic E-state index is 13.3. The van der Waals surface area contributed by atoms with Gasteiger partial charge in [-0.2, -0.15) is 0 Å².